The van der Waals surface area contributed by atoms with Gasteiger partial charge in [0.15, 0.2) is 0 Å². The Morgan fingerprint density at radius 1 is 1.41 bits per heavy atom. The van der Waals surface area contributed by atoms with Crippen molar-refractivity contribution >= 4 is 5.97 Å². The van der Waals surface area contributed by atoms with Gasteiger partial charge >= 0.3 is 5.97 Å². The average molecular weight is 239 g/mol. The van der Waals surface area contributed by atoms with E-state index in [1.807, 2.05) is 0 Å². The van der Waals surface area contributed by atoms with Gasteiger partial charge in [-0.1, -0.05) is 12.1 Å². The van der Waals surface area contributed by atoms with Gasteiger partial charge in [-0.25, -0.2) is 4.79 Å². The number of carbonyl (C=O) groups is 1. The lowest BCUT2D eigenvalue weighted by Crippen LogP contribution is -2.29. The van der Waals surface area contributed by atoms with E-state index in [0.717, 1.165) is 0 Å². The van der Waals surface area contributed by atoms with E-state index in [-0.39, 0.29) is 12.1 Å². The topological polar surface area (TPSA) is 89.8 Å². The number of aliphatic hydroxyl groups excluding tert-OH is 2. The molecule has 0 aliphatic carbocycles. The lowest BCUT2D eigenvalue weighted by molar-refractivity contribution is 0.0202. The summed E-state index contributed by atoms with van der Waals surface area (Å²) in [6.45, 7) is 1.92. The molecule has 1 aromatic carbocycles. The molecular formula is C12H17NO4. The van der Waals surface area contributed by atoms with Crippen LogP contribution in [0.4, 0.5) is 0 Å². The van der Waals surface area contributed by atoms with Crippen molar-refractivity contribution < 1.29 is 20.1 Å². The molecule has 2 atom stereocenters. The van der Waals surface area contributed by atoms with Gasteiger partial charge in [-0.2, -0.15) is 0 Å². The maximum Gasteiger partial charge on any atom is 0.335 e. The van der Waals surface area contributed by atoms with E-state index < -0.39 is 18.2 Å². The Morgan fingerprint density at radius 3 is 2.53 bits per heavy atom. The van der Waals surface area contributed by atoms with Crippen molar-refractivity contribution in [3.63, 3.8) is 0 Å². The van der Waals surface area contributed by atoms with Crippen LogP contribution in [-0.4, -0.2) is 41.0 Å². The summed E-state index contributed by atoms with van der Waals surface area (Å²) in [5, 5.41) is 31.1. The molecule has 0 spiro atoms. The molecule has 5 nitrogen and oxygen atoms in total. The molecule has 5 heteroatoms. The highest BCUT2D eigenvalue weighted by Crippen LogP contribution is 2.20. The summed E-state index contributed by atoms with van der Waals surface area (Å²) < 4.78 is 0. The first-order valence-corrected chi connectivity index (χ1v) is 5.32. The Bertz CT molecular complexity index is 405. The molecule has 4 N–H and O–H groups in total. The number of aryl methyl sites for hydroxylation is 1. The van der Waals surface area contributed by atoms with Crippen LogP contribution >= 0.6 is 0 Å². The maximum atomic E-state index is 10.8. The summed E-state index contributed by atoms with van der Waals surface area (Å²) in [6, 6.07) is 4.52. The molecule has 0 radical (unpaired) electrons. The molecule has 0 saturated heterocycles. The highest BCUT2D eigenvalue weighted by Gasteiger charge is 2.18. The van der Waals surface area contributed by atoms with Crippen molar-refractivity contribution in [2.75, 3.05) is 13.6 Å². The third-order valence-electron chi connectivity index (χ3n) is 2.60. The summed E-state index contributed by atoms with van der Waals surface area (Å²) in [5.41, 5.74) is 1.27. The predicted octanol–water partition coefficient (Wildman–Crippen LogP) is 0.307. The van der Waals surface area contributed by atoms with Crippen molar-refractivity contribution in [2.45, 2.75) is 19.1 Å². The molecular weight excluding hydrogens is 222 g/mol. The second-order valence-electron chi connectivity index (χ2n) is 3.95. The van der Waals surface area contributed by atoms with Gasteiger partial charge in [-0.15, -0.1) is 0 Å². The number of carboxylic acids is 1. The number of hydrogen-bond donors (Lipinski definition) is 4. The van der Waals surface area contributed by atoms with E-state index in [9.17, 15) is 15.0 Å². The summed E-state index contributed by atoms with van der Waals surface area (Å²) in [6.07, 6.45) is -1.95. The van der Waals surface area contributed by atoms with Gasteiger partial charge in [-0.3, -0.25) is 0 Å². The molecule has 0 bridgehead atoms. The van der Waals surface area contributed by atoms with Crippen molar-refractivity contribution in [1.29, 1.82) is 0 Å². The number of nitrogens with one attached hydrogen (secondary N) is 1. The molecule has 0 fully saturated rings. The minimum Gasteiger partial charge on any atom is -0.478 e. The first kappa shape index (κ1) is 13.6. The van der Waals surface area contributed by atoms with Gasteiger partial charge in [0.2, 0.25) is 0 Å². The van der Waals surface area contributed by atoms with Crippen LogP contribution in [0.15, 0.2) is 18.2 Å². The monoisotopic (exact) mass is 239 g/mol. The van der Waals surface area contributed by atoms with Crippen molar-refractivity contribution in [3.8, 4) is 0 Å². The Kier molecular flexibility index (Phi) is 4.62. The lowest BCUT2D eigenvalue weighted by atomic mass is 9.99. The van der Waals surface area contributed by atoms with Crippen molar-refractivity contribution in [3.05, 3.63) is 34.9 Å². The SMILES string of the molecule is CNCC(O)C(O)c1ccc(C(=O)O)c(C)c1. The Balaban J connectivity index is 2.93. The molecule has 1 rings (SSSR count). The zero-order valence-electron chi connectivity index (χ0n) is 9.84. The Hall–Kier alpha value is -1.43. The van der Waals surface area contributed by atoms with Crippen LogP contribution in [0.2, 0.25) is 0 Å². The number of carboxylic acid groups (broad SMARTS) is 1. The molecule has 17 heavy (non-hydrogen) atoms. The smallest absolute Gasteiger partial charge is 0.335 e. The molecule has 0 aliphatic rings. The highest BCUT2D eigenvalue weighted by atomic mass is 16.4. The van der Waals surface area contributed by atoms with Gasteiger partial charge in [0.05, 0.1) is 11.7 Å². The van der Waals surface area contributed by atoms with Crippen LogP contribution in [0, 0.1) is 6.92 Å². The number of benzene rings is 1. The Morgan fingerprint density at radius 2 is 2.06 bits per heavy atom. The second-order valence-corrected chi connectivity index (χ2v) is 3.95. The van der Waals surface area contributed by atoms with Crippen LogP contribution in [0.25, 0.3) is 0 Å². The Labute approximate surface area is 99.7 Å². The van der Waals surface area contributed by atoms with Gasteiger partial charge in [0, 0.05) is 6.54 Å². The molecule has 2 unspecified atom stereocenters. The fourth-order valence-corrected chi connectivity index (χ4v) is 1.65. The van der Waals surface area contributed by atoms with Crippen LogP contribution in [-0.2, 0) is 0 Å². The van der Waals surface area contributed by atoms with E-state index in [2.05, 4.69) is 5.32 Å². The quantitative estimate of drug-likeness (QED) is 0.593. The van der Waals surface area contributed by atoms with Crippen LogP contribution in [0.3, 0.4) is 0 Å². The number of rotatable bonds is 5. The lowest BCUT2D eigenvalue weighted by Gasteiger charge is -2.18. The average Bonchev–Trinajstić information content (AvgIpc) is 2.27. The minimum atomic E-state index is -1.02. The zero-order valence-corrected chi connectivity index (χ0v) is 9.84. The van der Waals surface area contributed by atoms with E-state index in [1.54, 1.807) is 20.0 Å². The van der Waals surface area contributed by atoms with Gasteiger partial charge < -0.3 is 20.6 Å². The minimum absolute atomic E-state index is 0.198. The number of likely N-dealkylation sites (N-methyl/N-ethyl adjacent to an activating group) is 1. The standard InChI is InChI=1S/C12H17NO4/c1-7-5-8(3-4-9(7)12(16)17)11(15)10(14)6-13-2/h3-5,10-11,13-15H,6H2,1-2H3,(H,16,17). The third kappa shape index (κ3) is 3.26. The fourth-order valence-electron chi connectivity index (χ4n) is 1.65. The third-order valence-corrected chi connectivity index (χ3v) is 2.60. The van der Waals surface area contributed by atoms with E-state index in [0.29, 0.717) is 11.1 Å². The fraction of sp³-hybridized carbons (Fsp3) is 0.417. The largest absolute Gasteiger partial charge is 0.478 e. The molecule has 0 amide bonds. The molecule has 0 aromatic heterocycles. The van der Waals surface area contributed by atoms with Crippen LogP contribution in [0.1, 0.15) is 27.6 Å². The maximum absolute atomic E-state index is 10.8. The predicted molar refractivity (Wildman–Crippen MR) is 63.0 cm³/mol. The van der Waals surface area contributed by atoms with E-state index in [4.69, 9.17) is 5.11 Å². The molecule has 0 heterocycles. The van der Waals surface area contributed by atoms with Crippen molar-refractivity contribution in [1.82, 2.24) is 5.32 Å². The zero-order chi connectivity index (χ0) is 13.0. The number of aliphatic hydroxyl groups is 2. The van der Waals surface area contributed by atoms with E-state index in [1.165, 1.54) is 12.1 Å². The molecule has 0 aliphatic heterocycles. The first-order valence-electron chi connectivity index (χ1n) is 5.32. The van der Waals surface area contributed by atoms with Gasteiger partial charge in [0.1, 0.15) is 6.10 Å². The van der Waals surface area contributed by atoms with Crippen molar-refractivity contribution in [2.24, 2.45) is 0 Å². The summed E-state index contributed by atoms with van der Waals surface area (Å²) in [5.74, 6) is -1.00. The summed E-state index contributed by atoms with van der Waals surface area (Å²) in [4.78, 5) is 10.8. The molecule has 0 saturated carbocycles. The summed E-state index contributed by atoms with van der Waals surface area (Å²) in [7, 11) is 1.68. The van der Waals surface area contributed by atoms with E-state index >= 15 is 0 Å². The second kappa shape index (κ2) is 5.77. The van der Waals surface area contributed by atoms with Crippen LogP contribution in [0.5, 0.6) is 0 Å². The van der Waals surface area contributed by atoms with Gasteiger partial charge in [0.25, 0.3) is 0 Å². The summed E-state index contributed by atoms with van der Waals surface area (Å²) >= 11 is 0. The number of aromatic carboxylic acids is 1. The normalized spacial score (nSPS) is 14.4. The van der Waals surface area contributed by atoms with Crippen LogP contribution < -0.4 is 5.32 Å². The number of hydrogen-bond acceptors (Lipinski definition) is 4. The molecule has 1 aromatic rings. The highest BCUT2D eigenvalue weighted by molar-refractivity contribution is 5.89. The molecule has 94 valence electrons. The van der Waals surface area contributed by atoms with Gasteiger partial charge in [-0.05, 0) is 31.2 Å². The first-order chi connectivity index (χ1) is 7.97.